The van der Waals surface area contributed by atoms with Crippen LogP contribution in [0.4, 0.5) is 5.82 Å². The zero-order valence-corrected chi connectivity index (χ0v) is 12.3. The van der Waals surface area contributed by atoms with Crippen LogP contribution >= 0.6 is 15.9 Å². The molecule has 0 saturated carbocycles. The van der Waals surface area contributed by atoms with E-state index in [-0.39, 0.29) is 0 Å². The van der Waals surface area contributed by atoms with Gasteiger partial charge < -0.3 is 15.4 Å². The number of aromatic nitrogens is 1. The lowest BCUT2D eigenvalue weighted by Gasteiger charge is -2.23. The Morgan fingerprint density at radius 3 is 3.06 bits per heavy atom. The molecule has 2 rings (SSSR count). The van der Waals surface area contributed by atoms with Crippen molar-refractivity contribution >= 4 is 21.7 Å². The number of ether oxygens (including phenoxy) is 1. The predicted molar refractivity (Wildman–Crippen MR) is 77.0 cm³/mol. The fraction of sp³-hybridized carbons (Fsp3) is 0.615. The van der Waals surface area contributed by atoms with Crippen molar-refractivity contribution < 1.29 is 4.74 Å². The average molecular weight is 314 g/mol. The number of hydrogen-bond acceptors (Lipinski definition) is 4. The Hall–Kier alpha value is -0.650. The smallest absolute Gasteiger partial charge is 0.140 e. The maximum absolute atomic E-state index is 5.83. The molecule has 0 spiro atoms. The second kappa shape index (κ2) is 7.07. The van der Waals surface area contributed by atoms with Gasteiger partial charge in [0, 0.05) is 12.7 Å². The van der Waals surface area contributed by atoms with Gasteiger partial charge in [-0.15, -0.1) is 0 Å². The number of pyridine rings is 1. The lowest BCUT2D eigenvalue weighted by molar-refractivity contribution is 0.0394. The van der Waals surface area contributed by atoms with Crippen molar-refractivity contribution in [2.75, 3.05) is 31.6 Å². The summed E-state index contributed by atoms with van der Waals surface area (Å²) in [6.07, 6.45) is 4.47. The molecule has 1 aliphatic heterocycles. The Balaban J connectivity index is 1.70. The normalized spacial score (nSPS) is 16.8. The van der Waals surface area contributed by atoms with Crippen molar-refractivity contribution in [1.82, 2.24) is 10.3 Å². The third kappa shape index (κ3) is 3.93. The van der Waals surface area contributed by atoms with E-state index in [1.54, 1.807) is 0 Å². The first kappa shape index (κ1) is 13.8. The first-order valence-electron chi connectivity index (χ1n) is 6.44. The SMILES string of the molecule is Cc1ccnc(NCCOC2CCNCC2)c1Br. The van der Waals surface area contributed by atoms with E-state index in [2.05, 4.69) is 38.5 Å². The summed E-state index contributed by atoms with van der Waals surface area (Å²) < 4.78 is 6.86. The van der Waals surface area contributed by atoms with Gasteiger partial charge in [-0.25, -0.2) is 4.98 Å². The molecule has 2 heterocycles. The van der Waals surface area contributed by atoms with Gasteiger partial charge in [0.1, 0.15) is 5.82 Å². The van der Waals surface area contributed by atoms with Gasteiger partial charge in [-0.2, -0.15) is 0 Å². The van der Waals surface area contributed by atoms with Gasteiger partial charge in [-0.05, 0) is 60.4 Å². The third-order valence-electron chi connectivity index (χ3n) is 3.12. The Kier molecular flexibility index (Phi) is 5.41. The van der Waals surface area contributed by atoms with Crippen LogP contribution < -0.4 is 10.6 Å². The lowest BCUT2D eigenvalue weighted by Crippen LogP contribution is -2.33. The van der Waals surface area contributed by atoms with Crippen LogP contribution in [0.5, 0.6) is 0 Å². The number of halogens is 1. The molecule has 1 aromatic heterocycles. The quantitative estimate of drug-likeness (QED) is 0.819. The molecule has 2 N–H and O–H groups in total. The fourth-order valence-electron chi connectivity index (χ4n) is 2.02. The standard InChI is InChI=1S/C13H20BrN3O/c1-10-2-7-16-13(12(10)14)17-8-9-18-11-3-5-15-6-4-11/h2,7,11,15H,3-6,8-9H2,1H3,(H,16,17). The number of nitrogens with one attached hydrogen (secondary N) is 2. The first-order valence-corrected chi connectivity index (χ1v) is 7.24. The minimum Gasteiger partial charge on any atom is -0.376 e. The second-order valence-electron chi connectivity index (χ2n) is 4.54. The van der Waals surface area contributed by atoms with Crippen LogP contribution in [0.25, 0.3) is 0 Å². The maximum atomic E-state index is 5.83. The molecule has 0 bridgehead atoms. The highest BCUT2D eigenvalue weighted by Crippen LogP contribution is 2.22. The first-order chi connectivity index (χ1) is 8.77. The van der Waals surface area contributed by atoms with Crippen molar-refractivity contribution in [3.05, 3.63) is 22.3 Å². The minimum absolute atomic E-state index is 0.418. The summed E-state index contributed by atoms with van der Waals surface area (Å²) >= 11 is 3.53. The number of anilines is 1. The molecule has 0 amide bonds. The van der Waals surface area contributed by atoms with Crippen LogP contribution in [0, 0.1) is 6.92 Å². The number of piperidine rings is 1. The Bertz CT molecular complexity index is 380. The van der Waals surface area contributed by atoms with E-state index in [4.69, 9.17) is 4.74 Å². The van der Waals surface area contributed by atoms with Crippen molar-refractivity contribution in [2.45, 2.75) is 25.9 Å². The topological polar surface area (TPSA) is 46.2 Å². The van der Waals surface area contributed by atoms with Crippen LogP contribution in [0.3, 0.4) is 0 Å². The van der Waals surface area contributed by atoms with Crippen LogP contribution in [-0.2, 0) is 4.74 Å². The molecule has 100 valence electrons. The van der Waals surface area contributed by atoms with E-state index in [0.29, 0.717) is 6.10 Å². The molecule has 1 aliphatic rings. The van der Waals surface area contributed by atoms with Crippen molar-refractivity contribution in [3.8, 4) is 0 Å². The molecule has 1 aromatic rings. The molecule has 18 heavy (non-hydrogen) atoms. The summed E-state index contributed by atoms with van der Waals surface area (Å²) in [5.74, 6) is 0.893. The van der Waals surface area contributed by atoms with Crippen LogP contribution in [-0.4, -0.2) is 37.3 Å². The largest absolute Gasteiger partial charge is 0.376 e. The summed E-state index contributed by atoms with van der Waals surface area (Å²) in [4.78, 5) is 4.30. The van der Waals surface area contributed by atoms with Gasteiger partial charge in [0.2, 0.25) is 0 Å². The van der Waals surface area contributed by atoms with E-state index >= 15 is 0 Å². The Morgan fingerprint density at radius 2 is 2.28 bits per heavy atom. The van der Waals surface area contributed by atoms with Crippen molar-refractivity contribution in [3.63, 3.8) is 0 Å². The van der Waals surface area contributed by atoms with Crippen molar-refractivity contribution in [2.24, 2.45) is 0 Å². The summed E-state index contributed by atoms with van der Waals surface area (Å²) in [7, 11) is 0. The monoisotopic (exact) mass is 313 g/mol. The summed E-state index contributed by atoms with van der Waals surface area (Å²) in [6, 6.07) is 1.99. The number of hydrogen-bond donors (Lipinski definition) is 2. The lowest BCUT2D eigenvalue weighted by atomic mass is 10.1. The molecular weight excluding hydrogens is 294 g/mol. The summed E-state index contributed by atoms with van der Waals surface area (Å²) in [5, 5.41) is 6.63. The minimum atomic E-state index is 0.418. The van der Waals surface area contributed by atoms with E-state index in [9.17, 15) is 0 Å². The van der Waals surface area contributed by atoms with Gasteiger partial charge in [-0.3, -0.25) is 0 Å². The molecular formula is C13H20BrN3O. The highest BCUT2D eigenvalue weighted by atomic mass is 79.9. The predicted octanol–water partition coefficient (Wildman–Crippen LogP) is 2.33. The number of aryl methyl sites for hydroxylation is 1. The van der Waals surface area contributed by atoms with Crippen LogP contribution in [0.2, 0.25) is 0 Å². The Labute approximate surface area is 117 Å². The molecule has 0 aromatic carbocycles. The second-order valence-corrected chi connectivity index (χ2v) is 5.33. The highest BCUT2D eigenvalue weighted by molar-refractivity contribution is 9.10. The van der Waals surface area contributed by atoms with Gasteiger partial charge in [0.05, 0.1) is 17.2 Å². The molecule has 1 saturated heterocycles. The van der Waals surface area contributed by atoms with E-state index in [1.165, 1.54) is 5.56 Å². The zero-order chi connectivity index (χ0) is 12.8. The van der Waals surface area contributed by atoms with Gasteiger partial charge >= 0.3 is 0 Å². The van der Waals surface area contributed by atoms with Gasteiger partial charge in [-0.1, -0.05) is 0 Å². The average Bonchev–Trinajstić information content (AvgIpc) is 2.40. The summed E-state index contributed by atoms with van der Waals surface area (Å²) in [5.41, 5.74) is 1.19. The highest BCUT2D eigenvalue weighted by Gasteiger charge is 2.12. The Morgan fingerprint density at radius 1 is 1.50 bits per heavy atom. The fourth-order valence-corrected chi connectivity index (χ4v) is 2.40. The number of nitrogens with zero attached hydrogens (tertiary/aromatic N) is 1. The van der Waals surface area contributed by atoms with E-state index < -0.39 is 0 Å². The zero-order valence-electron chi connectivity index (χ0n) is 10.7. The van der Waals surface area contributed by atoms with Crippen LogP contribution in [0.15, 0.2) is 16.7 Å². The molecule has 0 unspecified atom stereocenters. The van der Waals surface area contributed by atoms with Gasteiger partial charge in [0.25, 0.3) is 0 Å². The molecule has 5 heteroatoms. The van der Waals surface area contributed by atoms with E-state index in [1.807, 2.05) is 12.3 Å². The van der Waals surface area contributed by atoms with Crippen molar-refractivity contribution in [1.29, 1.82) is 0 Å². The number of rotatable bonds is 5. The van der Waals surface area contributed by atoms with Gasteiger partial charge in [0.15, 0.2) is 0 Å². The summed E-state index contributed by atoms with van der Waals surface area (Å²) in [6.45, 7) is 5.72. The molecule has 1 fully saturated rings. The molecule has 0 atom stereocenters. The maximum Gasteiger partial charge on any atom is 0.140 e. The van der Waals surface area contributed by atoms with E-state index in [0.717, 1.165) is 49.4 Å². The molecule has 4 nitrogen and oxygen atoms in total. The third-order valence-corrected chi connectivity index (χ3v) is 4.12. The molecule has 0 aliphatic carbocycles. The molecule has 0 radical (unpaired) electrons. The van der Waals surface area contributed by atoms with Crippen LogP contribution in [0.1, 0.15) is 18.4 Å².